The summed E-state index contributed by atoms with van der Waals surface area (Å²) in [4.78, 5) is 0.0638. The number of nitrogens with zero attached hydrogens (tertiary/aromatic N) is 4. The highest BCUT2D eigenvalue weighted by molar-refractivity contribution is 7.93. The Morgan fingerprint density at radius 3 is 2.29 bits per heavy atom. The van der Waals surface area contributed by atoms with Crippen LogP contribution in [-0.2, 0) is 17.1 Å². The lowest BCUT2D eigenvalue weighted by molar-refractivity contribution is 0.185. The molecule has 0 saturated carbocycles. The molecule has 0 aliphatic heterocycles. The first-order valence-electron chi connectivity index (χ1n) is 9.53. The third-order valence-corrected chi connectivity index (χ3v) is 7.05. The van der Waals surface area contributed by atoms with E-state index in [4.69, 9.17) is 11.6 Å². The van der Waals surface area contributed by atoms with Gasteiger partial charge in [-0.25, -0.2) is 12.8 Å². The molecule has 0 radical (unpaired) electrons. The average molecular weight is 467 g/mol. The van der Waals surface area contributed by atoms with Crippen molar-refractivity contribution in [1.29, 1.82) is 0 Å². The summed E-state index contributed by atoms with van der Waals surface area (Å²) in [6, 6.07) is 10.3. The monoisotopic (exact) mass is 466 g/mol. The summed E-state index contributed by atoms with van der Waals surface area (Å²) in [7, 11) is -2.45. The summed E-state index contributed by atoms with van der Waals surface area (Å²) >= 11 is 6.06. The van der Waals surface area contributed by atoms with Crippen LogP contribution in [0.4, 0.5) is 10.1 Å². The van der Waals surface area contributed by atoms with Gasteiger partial charge in [-0.3, -0.25) is 4.31 Å². The number of halogens is 2. The van der Waals surface area contributed by atoms with Crippen molar-refractivity contribution in [2.75, 3.05) is 4.31 Å². The van der Waals surface area contributed by atoms with Crippen LogP contribution in [0, 0.1) is 5.82 Å². The molecule has 0 amide bonds. The molecule has 0 aliphatic carbocycles. The molecule has 0 fully saturated rings. The number of hydrogen-bond acceptors (Lipinski definition) is 5. The van der Waals surface area contributed by atoms with E-state index in [-0.39, 0.29) is 32.8 Å². The zero-order valence-electron chi connectivity index (χ0n) is 17.8. The molecule has 0 saturated heterocycles. The minimum atomic E-state index is -4.08. The molecule has 1 unspecified atom stereocenters. The van der Waals surface area contributed by atoms with E-state index in [0.29, 0.717) is 0 Å². The van der Waals surface area contributed by atoms with Gasteiger partial charge in [-0.15, -0.1) is 10.2 Å². The first kappa shape index (κ1) is 23.2. The van der Waals surface area contributed by atoms with Crippen molar-refractivity contribution in [3.8, 4) is 11.4 Å². The molecule has 1 aromatic heterocycles. The molecule has 0 spiro atoms. The molecule has 1 N–H and O–H groups in total. The quantitative estimate of drug-likeness (QED) is 0.604. The Morgan fingerprint density at radius 2 is 1.77 bits per heavy atom. The van der Waals surface area contributed by atoms with Gasteiger partial charge in [-0.1, -0.05) is 29.8 Å². The van der Waals surface area contributed by atoms with Gasteiger partial charge >= 0.3 is 0 Å². The molecule has 3 rings (SSSR count). The Kier molecular flexibility index (Phi) is 6.14. The molecule has 0 bridgehead atoms. The molecule has 166 valence electrons. The predicted molar refractivity (Wildman–Crippen MR) is 118 cm³/mol. The Labute approximate surface area is 186 Å². The number of aliphatic hydroxyl groups is 1. The zero-order valence-corrected chi connectivity index (χ0v) is 19.4. The van der Waals surface area contributed by atoms with Crippen LogP contribution in [0.25, 0.3) is 11.4 Å². The topological polar surface area (TPSA) is 88.3 Å². The maximum absolute atomic E-state index is 14.6. The maximum atomic E-state index is 14.6. The van der Waals surface area contributed by atoms with Gasteiger partial charge in [-0.2, -0.15) is 0 Å². The van der Waals surface area contributed by atoms with Crippen molar-refractivity contribution in [2.45, 2.75) is 44.2 Å². The summed E-state index contributed by atoms with van der Waals surface area (Å²) in [5.41, 5.74) is -0.635. The number of benzene rings is 2. The number of rotatable bonds is 5. The van der Waals surface area contributed by atoms with Gasteiger partial charge in [0.2, 0.25) is 0 Å². The fourth-order valence-electron chi connectivity index (χ4n) is 3.37. The van der Waals surface area contributed by atoms with Gasteiger partial charge in [0, 0.05) is 24.2 Å². The summed E-state index contributed by atoms with van der Waals surface area (Å²) < 4.78 is 44.6. The van der Waals surface area contributed by atoms with Crippen LogP contribution < -0.4 is 4.31 Å². The lowest BCUT2D eigenvalue weighted by atomic mass is 10.1. The first-order chi connectivity index (χ1) is 14.4. The van der Waals surface area contributed by atoms with E-state index in [1.54, 1.807) is 46.0 Å². The summed E-state index contributed by atoms with van der Waals surface area (Å²) in [5, 5.41) is 17.8. The molecule has 31 heavy (non-hydrogen) atoms. The third kappa shape index (κ3) is 4.30. The van der Waals surface area contributed by atoms with Crippen LogP contribution in [0.2, 0.25) is 5.02 Å². The lowest BCUT2D eigenvalue weighted by Crippen LogP contribution is -2.46. The third-order valence-electron chi connectivity index (χ3n) is 4.67. The van der Waals surface area contributed by atoms with Crippen molar-refractivity contribution in [3.63, 3.8) is 0 Å². The highest BCUT2D eigenvalue weighted by Crippen LogP contribution is 2.40. The van der Waals surface area contributed by atoms with Gasteiger partial charge in [0.05, 0.1) is 15.6 Å². The molecule has 10 heteroatoms. The van der Waals surface area contributed by atoms with Crippen LogP contribution >= 0.6 is 11.6 Å². The first-order valence-corrected chi connectivity index (χ1v) is 11.3. The largest absolute Gasteiger partial charge is 0.385 e. The smallest absolute Gasteiger partial charge is 0.264 e. The van der Waals surface area contributed by atoms with E-state index >= 15 is 0 Å². The second-order valence-electron chi connectivity index (χ2n) is 8.15. The molecular weight excluding hydrogens is 443 g/mol. The molecule has 7 nitrogen and oxygen atoms in total. The van der Waals surface area contributed by atoms with Crippen molar-refractivity contribution in [3.05, 3.63) is 59.1 Å². The van der Waals surface area contributed by atoms with Crippen molar-refractivity contribution in [1.82, 2.24) is 14.8 Å². The van der Waals surface area contributed by atoms with Crippen LogP contribution in [0.15, 0.2) is 47.4 Å². The van der Waals surface area contributed by atoms with Gasteiger partial charge in [0.15, 0.2) is 11.6 Å². The van der Waals surface area contributed by atoms with Crippen LogP contribution in [-0.4, -0.2) is 33.8 Å². The van der Waals surface area contributed by atoms with E-state index in [0.717, 1.165) is 10.4 Å². The fourth-order valence-corrected chi connectivity index (χ4v) is 5.38. The average Bonchev–Trinajstić information content (AvgIpc) is 3.05. The minimum Gasteiger partial charge on any atom is -0.385 e. The van der Waals surface area contributed by atoms with E-state index in [1.165, 1.54) is 29.7 Å². The predicted octanol–water partition coefficient (Wildman–Crippen LogP) is 4.32. The van der Waals surface area contributed by atoms with Crippen molar-refractivity contribution < 1.29 is 17.9 Å². The molecule has 0 aliphatic rings. The van der Waals surface area contributed by atoms with E-state index in [2.05, 4.69) is 10.2 Å². The Hall–Kier alpha value is -2.49. The highest BCUT2D eigenvalue weighted by atomic mass is 35.5. The molecule has 2 aromatic carbocycles. The highest BCUT2D eigenvalue weighted by Gasteiger charge is 2.37. The van der Waals surface area contributed by atoms with Crippen LogP contribution in [0.3, 0.4) is 0 Å². The lowest BCUT2D eigenvalue weighted by Gasteiger charge is -2.37. The Balaban J connectivity index is 2.35. The Bertz CT molecular complexity index is 1210. The van der Waals surface area contributed by atoms with Gasteiger partial charge in [-0.05, 0) is 45.9 Å². The number of anilines is 1. The van der Waals surface area contributed by atoms with Crippen molar-refractivity contribution in [2.24, 2.45) is 7.05 Å². The second-order valence-corrected chi connectivity index (χ2v) is 10.3. The zero-order chi connectivity index (χ0) is 23.1. The van der Waals surface area contributed by atoms with Crippen LogP contribution in [0.1, 0.15) is 39.6 Å². The number of hydrogen-bond donors (Lipinski definition) is 1. The number of sulfonamides is 1. The standard InChI is InChI=1S/C21H24ClFN4O3S/c1-13(28)19-24-25-20(26(19)5)15-11-16(22)17(23)12-18(15)27(21(2,3)4)31(29,30)14-9-7-6-8-10-14/h6-13,28H,1-5H3. The molecule has 1 heterocycles. The SMILES string of the molecule is CC(O)c1nnc(-c2cc(Cl)c(F)cc2N(C(C)(C)C)S(=O)(=O)c2ccccc2)n1C. The number of aliphatic hydroxyl groups excluding tert-OH is 1. The maximum Gasteiger partial charge on any atom is 0.264 e. The molecule has 1 atom stereocenters. The van der Waals surface area contributed by atoms with Crippen molar-refractivity contribution >= 4 is 27.3 Å². The summed E-state index contributed by atoms with van der Waals surface area (Å²) in [6.45, 7) is 6.67. The second kappa shape index (κ2) is 8.22. The summed E-state index contributed by atoms with van der Waals surface area (Å²) in [6.07, 6.45) is -0.905. The van der Waals surface area contributed by atoms with Gasteiger partial charge in [0.25, 0.3) is 10.0 Å². The normalized spacial score (nSPS) is 13.3. The van der Waals surface area contributed by atoms with Gasteiger partial charge < -0.3 is 9.67 Å². The molecule has 3 aromatic rings. The van der Waals surface area contributed by atoms with E-state index < -0.39 is 27.5 Å². The van der Waals surface area contributed by atoms with Gasteiger partial charge in [0.1, 0.15) is 11.9 Å². The molecular formula is C21H24ClFN4O3S. The fraction of sp³-hybridized carbons (Fsp3) is 0.333. The summed E-state index contributed by atoms with van der Waals surface area (Å²) in [5.74, 6) is -0.254. The van der Waals surface area contributed by atoms with Crippen LogP contribution in [0.5, 0.6) is 0 Å². The Morgan fingerprint density at radius 1 is 1.16 bits per heavy atom. The van der Waals surface area contributed by atoms with E-state index in [9.17, 15) is 17.9 Å². The number of aromatic nitrogens is 3. The van der Waals surface area contributed by atoms with E-state index in [1.807, 2.05) is 0 Å². The minimum absolute atomic E-state index is 0.0610.